The van der Waals surface area contributed by atoms with E-state index in [2.05, 4.69) is 52.9 Å². The fourth-order valence-corrected chi connectivity index (χ4v) is 4.89. The molecule has 0 aliphatic carbocycles. The number of benzene rings is 2. The van der Waals surface area contributed by atoms with Gasteiger partial charge in [-0.15, -0.1) is 0 Å². The summed E-state index contributed by atoms with van der Waals surface area (Å²) >= 11 is 1.46. The number of carbonyl (C=O) groups is 1. The molecule has 0 bridgehead atoms. The molecule has 0 spiro atoms. The van der Waals surface area contributed by atoms with Crippen LogP contribution in [0.2, 0.25) is 0 Å². The van der Waals surface area contributed by atoms with Gasteiger partial charge in [0.2, 0.25) is 0 Å². The first-order valence-corrected chi connectivity index (χ1v) is 12.7. The van der Waals surface area contributed by atoms with E-state index in [-0.39, 0.29) is 5.91 Å². The van der Waals surface area contributed by atoms with Crippen LogP contribution in [0, 0.1) is 5.92 Å². The van der Waals surface area contributed by atoms with E-state index >= 15 is 0 Å². The van der Waals surface area contributed by atoms with Crippen LogP contribution >= 0.6 is 11.8 Å². The first-order valence-electron chi connectivity index (χ1n) is 11.9. The number of carbonyl (C=O) groups excluding carboxylic acids is 1. The molecule has 2 aromatic rings. The van der Waals surface area contributed by atoms with Crippen molar-refractivity contribution in [1.82, 2.24) is 9.80 Å². The zero-order valence-corrected chi connectivity index (χ0v) is 21.0. The van der Waals surface area contributed by atoms with Crippen molar-refractivity contribution >= 4 is 28.9 Å². The molecular formula is C27H33N3O3S. The lowest BCUT2D eigenvalue weighted by Gasteiger charge is -2.35. The summed E-state index contributed by atoms with van der Waals surface area (Å²) in [7, 11) is 1.63. The maximum absolute atomic E-state index is 12.6. The predicted molar refractivity (Wildman–Crippen MR) is 139 cm³/mol. The minimum absolute atomic E-state index is 0.178. The Labute approximate surface area is 206 Å². The number of rotatable bonds is 8. The van der Waals surface area contributed by atoms with Gasteiger partial charge in [0.1, 0.15) is 0 Å². The number of thioether (sulfide) groups is 1. The molecule has 2 aliphatic heterocycles. The zero-order chi connectivity index (χ0) is 23.9. The van der Waals surface area contributed by atoms with E-state index in [1.165, 1.54) is 17.3 Å². The molecule has 0 radical (unpaired) electrons. The van der Waals surface area contributed by atoms with Crippen molar-refractivity contribution in [1.29, 1.82) is 0 Å². The fraction of sp³-hybridized carbons (Fsp3) is 0.407. The van der Waals surface area contributed by atoms with Gasteiger partial charge in [-0.2, -0.15) is 4.99 Å². The number of hydrogen-bond donors (Lipinski definition) is 0. The lowest BCUT2D eigenvalue weighted by molar-refractivity contribution is -0.113. The highest BCUT2D eigenvalue weighted by atomic mass is 32.2. The molecule has 1 fully saturated rings. The van der Waals surface area contributed by atoms with Gasteiger partial charge < -0.3 is 14.4 Å². The molecule has 6 nitrogen and oxygen atoms in total. The molecule has 4 rings (SSSR count). The van der Waals surface area contributed by atoms with Crippen molar-refractivity contribution < 1.29 is 14.3 Å². The van der Waals surface area contributed by atoms with E-state index in [0.29, 0.717) is 23.2 Å². The standard InChI is InChI=1S/C27H33N3O3S/c1-20(2)11-16-33-23-10-9-22(17-24(23)32-3)18-25-26(31)28-27(34-25)30-14-12-29(13-15-30)19-21-7-5-4-6-8-21/h4-10,17-18,20H,11-16,19H2,1-3H3/b25-18+. The number of methoxy groups -OCH3 is 1. The number of nitrogens with zero attached hydrogens (tertiary/aromatic N) is 3. The SMILES string of the molecule is COc1cc(/C=C2/SC(N3CCN(Cc4ccccc4)CC3)=NC2=O)ccc1OCCC(C)C. The Balaban J connectivity index is 1.34. The van der Waals surface area contributed by atoms with Gasteiger partial charge in [-0.05, 0) is 53.4 Å². The Hall–Kier alpha value is -2.77. The van der Waals surface area contributed by atoms with E-state index < -0.39 is 0 Å². The van der Waals surface area contributed by atoms with E-state index in [4.69, 9.17) is 9.47 Å². The van der Waals surface area contributed by atoms with Gasteiger partial charge in [0.15, 0.2) is 16.7 Å². The fourth-order valence-electron chi connectivity index (χ4n) is 3.92. The van der Waals surface area contributed by atoms with Crippen LogP contribution in [-0.2, 0) is 11.3 Å². The molecule has 180 valence electrons. The van der Waals surface area contributed by atoms with Crippen LogP contribution in [0.1, 0.15) is 31.4 Å². The molecule has 0 unspecified atom stereocenters. The highest BCUT2D eigenvalue weighted by Gasteiger charge is 2.28. The largest absolute Gasteiger partial charge is 0.493 e. The molecule has 1 amide bonds. The summed E-state index contributed by atoms with van der Waals surface area (Å²) in [6.45, 7) is 9.61. The maximum atomic E-state index is 12.6. The molecule has 2 heterocycles. The first kappa shape index (κ1) is 24.4. The van der Waals surface area contributed by atoms with Crippen LogP contribution in [0.4, 0.5) is 0 Å². The van der Waals surface area contributed by atoms with Crippen LogP contribution in [0.25, 0.3) is 6.08 Å². The molecule has 1 saturated heterocycles. The second-order valence-corrected chi connectivity index (χ2v) is 10.0. The summed E-state index contributed by atoms with van der Waals surface area (Å²) in [5, 5.41) is 0.802. The van der Waals surface area contributed by atoms with Crippen molar-refractivity contribution in [3.8, 4) is 11.5 Å². The Bertz CT molecular complexity index is 1040. The Morgan fingerprint density at radius 2 is 1.82 bits per heavy atom. The van der Waals surface area contributed by atoms with Gasteiger partial charge in [0.25, 0.3) is 5.91 Å². The molecule has 34 heavy (non-hydrogen) atoms. The lowest BCUT2D eigenvalue weighted by Crippen LogP contribution is -2.47. The average molecular weight is 480 g/mol. The molecule has 0 atom stereocenters. The van der Waals surface area contributed by atoms with Crippen molar-refractivity contribution in [3.63, 3.8) is 0 Å². The summed E-state index contributed by atoms with van der Waals surface area (Å²) in [5.41, 5.74) is 2.23. The molecule has 0 N–H and O–H groups in total. The minimum Gasteiger partial charge on any atom is -0.493 e. The minimum atomic E-state index is -0.178. The summed E-state index contributed by atoms with van der Waals surface area (Å²) in [6, 6.07) is 16.3. The molecule has 2 aliphatic rings. The number of hydrogen-bond acceptors (Lipinski definition) is 6. The van der Waals surface area contributed by atoms with Gasteiger partial charge >= 0.3 is 0 Å². The van der Waals surface area contributed by atoms with Crippen molar-refractivity contribution in [2.24, 2.45) is 10.9 Å². The Kier molecular flexibility index (Phi) is 8.29. The molecule has 0 aromatic heterocycles. The van der Waals surface area contributed by atoms with Gasteiger partial charge in [-0.3, -0.25) is 9.69 Å². The quantitative estimate of drug-likeness (QED) is 0.502. The zero-order valence-electron chi connectivity index (χ0n) is 20.2. The number of ether oxygens (including phenoxy) is 2. The Morgan fingerprint density at radius 1 is 1.06 bits per heavy atom. The van der Waals surface area contributed by atoms with Gasteiger partial charge in [0, 0.05) is 32.7 Å². The lowest BCUT2D eigenvalue weighted by atomic mass is 10.1. The number of piperazine rings is 1. The van der Waals surface area contributed by atoms with E-state index in [0.717, 1.165) is 55.6 Å². The van der Waals surface area contributed by atoms with Crippen molar-refractivity contribution in [2.75, 3.05) is 39.9 Å². The molecule has 2 aromatic carbocycles. The predicted octanol–water partition coefficient (Wildman–Crippen LogP) is 4.91. The van der Waals surface area contributed by atoms with Crippen molar-refractivity contribution in [2.45, 2.75) is 26.8 Å². The van der Waals surface area contributed by atoms with Crippen LogP contribution in [-0.4, -0.2) is 60.8 Å². The van der Waals surface area contributed by atoms with E-state index in [1.807, 2.05) is 30.3 Å². The normalized spacial score (nSPS) is 18.0. The third kappa shape index (κ3) is 6.42. The Morgan fingerprint density at radius 3 is 2.53 bits per heavy atom. The highest BCUT2D eigenvalue weighted by Crippen LogP contribution is 2.33. The molecular weight excluding hydrogens is 446 g/mol. The van der Waals surface area contributed by atoms with Gasteiger partial charge in [0.05, 0.1) is 18.6 Å². The van der Waals surface area contributed by atoms with Crippen LogP contribution in [0.5, 0.6) is 11.5 Å². The average Bonchev–Trinajstić information content (AvgIpc) is 3.20. The summed E-state index contributed by atoms with van der Waals surface area (Å²) in [6.07, 6.45) is 2.87. The monoisotopic (exact) mass is 479 g/mol. The van der Waals surface area contributed by atoms with Crippen LogP contribution < -0.4 is 9.47 Å². The van der Waals surface area contributed by atoms with E-state index in [9.17, 15) is 4.79 Å². The smallest absolute Gasteiger partial charge is 0.286 e. The summed E-state index contributed by atoms with van der Waals surface area (Å²) in [5.74, 6) is 1.80. The third-order valence-corrected chi connectivity index (χ3v) is 6.98. The van der Waals surface area contributed by atoms with Gasteiger partial charge in [-0.25, -0.2) is 0 Å². The second kappa shape index (κ2) is 11.6. The number of aliphatic imine (C=N–C) groups is 1. The second-order valence-electron chi connectivity index (χ2n) is 9.00. The van der Waals surface area contributed by atoms with Crippen LogP contribution in [0.3, 0.4) is 0 Å². The molecule has 7 heteroatoms. The van der Waals surface area contributed by atoms with Crippen molar-refractivity contribution in [3.05, 3.63) is 64.6 Å². The summed E-state index contributed by atoms with van der Waals surface area (Å²) in [4.78, 5) is 22.2. The first-order chi connectivity index (χ1) is 16.5. The van der Waals surface area contributed by atoms with Gasteiger partial charge in [-0.1, -0.05) is 50.2 Å². The van der Waals surface area contributed by atoms with Crippen LogP contribution in [0.15, 0.2) is 58.4 Å². The molecule has 0 saturated carbocycles. The van der Waals surface area contributed by atoms with E-state index in [1.54, 1.807) is 7.11 Å². The number of amidine groups is 1. The summed E-state index contributed by atoms with van der Waals surface area (Å²) < 4.78 is 11.4. The maximum Gasteiger partial charge on any atom is 0.286 e. The highest BCUT2D eigenvalue weighted by molar-refractivity contribution is 8.18. The topological polar surface area (TPSA) is 54.4 Å². The third-order valence-electron chi connectivity index (χ3n) is 5.94. The number of amides is 1.